The predicted molar refractivity (Wildman–Crippen MR) is 134 cm³/mol. The van der Waals surface area contributed by atoms with Crippen molar-refractivity contribution in [2.45, 2.75) is 105 Å². The largest absolute Gasteiger partial charge is 0.444 e. The molecule has 0 aromatic heterocycles. The molecule has 1 aliphatic rings. The molecule has 2 rings (SSSR count). The number of carbonyl (C=O) groups excluding carboxylic acids is 3. The van der Waals surface area contributed by atoms with Gasteiger partial charge in [-0.2, -0.15) is 0 Å². The molecule has 1 aromatic rings. The van der Waals surface area contributed by atoms with Crippen LogP contribution in [0.4, 0.5) is 4.79 Å². The van der Waals surface area contributed by atoms with Gasteiger partial charge in [0.2, 0.25) is 11.8 Å². The van der Waals surface area contributed by atoms with E-state index in [-0.39, 0.29) is 23.8 Å². The van der Waals surface area contributed by atoms with Crippen LogP contribution in [0.15, 0.2) is 18.2 Å². The highest BCUT2D eigenvalue weighted by Crippen LogP contribution is 2.37. The van der Waals surface area contributed by atoms with Gasteiger partial charge in [-0.3, -0.25) is 9.59 Å². The van der Waals surface area contributed by atoms with Crippen LogP contribution in [0.3, 0.4) is 0 Å². The number of carbonyl (C=O) groups is 3. The van der Waals surface area contributed by atoms with Gasteiger partial charge in [-0.1, -0.05) is 51.0 Å². The van der Waals surface area contributed by atoms with Gasteiger partial charge in [-0.25, -0.2) is 4.79 Å². The molecule has 2 unspecified atom stereocenters. The Kier molecular flexibility index (Phi) is 9.54. The lowest BCUT2D eigenvalue weighted by Gasteiger charge is -2.36. The second-order valence-electron chi connectivity index (χ2n) is 10.8. The molecule has 0 aliphatic heterocycles. The highest BCUT2D eigenvalue weighted by atomic mass is 16.6. The molecule has 0 radical (unpaired) electrons. The van der Waals surface area contributed by atoms with Crippen molar-refractivity contribution in [1.82, 2.24) is 15.5 Å². The molecule has 0 saturated heterocycles. The summed E-state index contributed by atoms with van der Waals surface area (Å²) < 4.78 is 5.42. The molecule has 0 bridgehead atoms. The van der Waals surface area contributed by atoms with Crippen molar-refractivity contribution in [2.24, 2.45) is 5.92 Å². The zero-order valence-electron chi connectivity index (χ0n) is 22.2. The number of nitrogens with one attached hydrogen (secondary N) is 2. The molecule has 190 valence electrons. The van der Waals surface area contributed by atoms with E-state index in [4.69, 9.17) is 4.74 Å². The smallest absolute Gasteiger partial charge is 0.408 e. The monoisotopic (exact) mass is 473 g/mol. The molecule has 7 nitrogen and oxygen atoms in total. The molecular formula is C27H43N3O4. The molecule has 1 aromatic carbocycles. The highest BCUT2D eigenvalue weighted by Gasteiger charge is 2.45. The summed E-state index contributed by atoms with van der Waals surface area (Å²) in [5.41, 5.74) is 2.14. The van der Waals surface area contributed by atoms with Gasteiger partial charge < -0.3 is 20.3 Å². The summed E-state index contributed by atoms with van der Waals surface area (Å²) >= 11 is 0. The number of alkyl carbamates (subject to hydrolysis) is 1. The van der Waals surface area contributed by atoms with E-state index in [9.17, 15) is 14.4 Å². The predicted octanol–water partition coefficient (Wildman–Crippen LogP) is 4.80. The van der Waals surface area contributed by atoms with Crippen LogP contribution in [0.2, 0.25) is 0 Å². The SMILES string of the molecule is CCCCNC(=O)C(c1cc(C)ccc1C)N(C(=O)C(NC(=O)OC(C)(C)C)C(C)C)C1CC1. The number of unbranched alkanes of at least 4 members (excludes halogenated alkanes) is 1. The Morgan fingerprint density at radius 3 is 2.32 bits per heavy atom. The van der Waals surface area contributed by atoms with Gasteiger partial charge in [0.05, 0.1) is 0 Å². The van der Waals surface area contributed by atoms with Gasteiger partial charge in [-0.15, -0.1) is 0 Å². The van der Waals surface area contributed by atoms with E-state index in [0.717, 1.165) is 42.4 Å². The maximum Gasteiger partial charge on any atom is 0.408 e. The lowest BCUT2D eigenvalue weighted by Crippen LogP contribution is -2.55. The van der Waals surface area contributed by atoms with Gasteiger partial charge in [0.1, 0.15) is 17.7 Å². The van der Waals surface area contributed by atoms with E-state index >= 15 is 0 Å². The van der Waals surface area contributed by atoms with Crippen LogP contribution >= 0.6 is 0 Å². The third kappa shape index (κ3) is 7.74. The lowest BCUT2D eigenvalue weighted by molar-refractivity contribution is -0.144. The molecule has 1 saturated carbocycles. The number of nitrogens with zero attached hydrogens (tertiary/aromatic N) is 1. The Morgan fingerprint density at radius 2 is 1.79 bits per heavy atom. The summed E-state index contributed by atoms with van der Waals surface area (Å²) in [7, 11) is 0. The fourth-order valence-electron chi connectivity index (χ4n) is 3.94. The fourth-order valence-corrected chi connectivity index (χ4v) is 3.94. The van der Waals surface area contributed by atoms with Gasteiger partial charge >= 0.3 is 6.09 Å². The average Bonchev–Trinajstić information content (AvgIpc) is 3.55. The zero-order chi connectivity index (χ0) is 25.6. The fraction of sp³-hybridized carbons (Fsp3) is 0.667. The standard InChI is InChI=1S/C27H43N3O4/c1-9-10-15-28-24(31)23(21-16-18(4)11-12-19(21)5)30(20-13-14-20)25(32)22(17(2)3)29-26(33)34-27(6,7)8/h11-12,16-17,20,22-23H,9-10,13-15H2,1-8H3,(H,28,31)(H,29,33). The van der Waals surface area contributed by atoms with Crippen molar-refractivity contribution in [3.05, 3.63) is 34.9 Å². The molecule has 34 heavy (non-hydrogen) atoms. The summed E-state index contributed by atoms with van der Waals surface area (Å²) in [4.78, 5) is 41.8. The number of aryl methyl sites for hydroxylation is 2. The van der Waals surface area contributed by atoms with E-state index in [0.29, 0.717) is 6.54 Å². The molecule has 1 aliphatic carbocycles. The summed E-state index contributed by atoms with van der Waals surface area (Å²) in [6, 6.07) is 4.41. The topological polar surface area (TPSA) is 87.7 Å². The van der Waals surface area contributed by atoms with Crippen LogP contribution in [0.5, 0.6) is 0 Å². The van der Waals surface area contributed by atoms with Gasteiger partial charge in [0, 0.05) is 12.6 Å². The van der Waals surface area contributed by atoms with Gasteiger partial charge in [0.15, 0.2) is 0 Å². The van der Waals surface area contributed by atoms with Crippen LogP contribution in [0.1, 0.15) is 90.0 Å². The van der Waals surface area contributed by atoms with Crippen molar-refractivity contribution >= 4 is 17.9 Å². The van der Waals surface area contributed by atoms with E-state index in [2.05, 4.69) is 17.6 Å². The summed E-state index contributed by atoms with van der Waals surface area (Å²) in [5.74, 6) is -0.606. The molecule has 0 spiro atoms. The average molecular weight is 474 g/mol. The van der Waals surface area contributed by atoms with Crippen molar-refractivity contribution < 1.29 is 19.1 Å². The molecule has 1 fully saturated rings. The second-order valence-corrected chi connectivity index (χ2v) is 10.8. The maximum absolute atomic E-state index is 14.0. The molecule has 0 heterocycles. The molecule has 3 amide bonds. The molecule has 2 atom stereocenters. The van der Waals surface area contributed by atoms with E-state index in [1.165, 1.54) is 0 Å². The second kappa shape index (κ2) is 11.7. The number of benzene rings is 1. The Labute approximate surface area is 205 Å². The van der Waals surface area contributed by atoms with Crippen LogP contribution < -0.4 is 10.6 Å². The normalized spacial score (nSPS) is 15.4. The Balaban J connectivity index is 2.45. The number of rotatable bonds is 10. The molecule has 7 heteroatoms. The first kappa shape index (κ1) is 27.7. The van der Waals surface area contributed by atoms with Crippen molar-refractivity contribution in [3.63, 3.8) is 0 Å². The van der Waals surface area contributed by atoms with Crippen LogP contribution in [0, 0.1) is 19.8 Å². The number of hydrogen-bond acceptors (Lipinski definition) is 4. The van der Waals surface area contributed by atoms with Crippen molar-refractivity contribution in [1.29, 1.82) is 0 Å². The third-order valence-electron chi connectivity index (χ3n) is 5.89. The zero-order valence-corrected chi connectivity index (χ0v) is 22.2. The number of amides is 3. The molecular weight excluding hydrogens is 430 g/mol. The minimum absolute atomic E-state index is 0.0315. The Hall–Kier alpha value is -2.57. The molecule has 2 N–H and O–H groups in total. The van der Waals surface area contributed by atoms with Crippen LogP contribution in [-0.2, 0) is 14.3 Å². The van der Waals surface area contributed by atoms with Crippen LogP contribution in [-0.4, -0.2) is 47.0 Å². The minimum atomic E-state index is -0.800. The van der Waals surface area contributed by atoms with Crippen molar-refractivity contribution in [2.75, 3.05) is 6.54 Å². The van der Waals surface area contributed by atoms with E-state index in [1.807, 2.05) is 45.9 Å². The van der Waals surface area contributed by atoms with E-state index in [1.54, 1.807) is 25.7 Å². The first-order chi connectivity index (χ1) is 15.9. The van der Waals surface area contributed by atoms with Gasteiger partial charge in [-0.05, 0) is 70.9 Å². The third-order valence-corrected chi connectivity index (χ3v) is 5.89. The first-order valence-electron chi connectivity index (χ1n) is 12.5. The van der Waals surface area contributed by atoms with Crippen LogP contribution in [0.25, 0.3) is 0 Å². The number of ether oxygens (including phenoxy) is 1. The first-order valence-corrected chi connectivity index (χ1v) is 12.5. The highest BCUT2D eigenvalue weighted by molar-refractivity contribution is 5.93. The summed E-state index contributed by atoms with van der Waals surface area (Å²) in [6.45, 7) is 15.7. The van der Waals surface area contributed by atoms with E-state index < -0.39 is 23.8 Å². The van der Waals surface area contributed by atoms with Crippen molar-refractivity contribution in [3.8, 4) is 0 Å². The lowest BCUT2D eigenvalue weighted by atomic mass is 9.94. The van der Waals surface area contributed by atoms with Gasteiger partial charge in [0.25, 0.3) is 0 Å². The Morgan fingerprint density at radius 1 is 1.15 bits per heavy atom. The summed E-state index contributed by atoms with van der Waals surface area (Å²) in [6.07, 6.45) is 2.89. The number of hydrogen-bond donors (Lipinski definition) is 2. The quantitative estimate of drug-likeness (QED) is 0.478. The summed E-state index contributed by atoms with van der Waals surface area (Å²) in [5, 5.41) is 5.82. The maximum atomic E-state index is 14.0. The Bertz CT molecular complexity index is 871. The minimum Gasteiger partial charge on any atom is -0.444 e.